The predicted octanol–water partition coefficient (Wildman–Crippen LogP) is -5.08. The molecule has 2 aromatic carbocycles. The van der Waals surface area contributed by atoms with Crippen LogP contribution in [0.2, 0.25) is 0 Å². The Morgan fingerprint density at radius 3 is 1.70 bits per heavy atom. The van der Waals surface area contributed by atoms with Crippen molar-refractivity contribution >= 4 is 0 Å². The molecule has 128 valence electrons. The maximum Gasteiger partial charge on any atom is 0.126 e. The number of hydrogen-bond acceptors (Lipinski definition) is 0. The average Bonchev–Trinajstić information content (AvgIpc) is 2.52. The maximum absolute atomic E-state index is 2.45. The van der Waals surface area contributed by atoms with E-state index in [-0.39, 0.29) is 24.8 Å². The van der Waals surface area contributed by atoms with Crippen LogP contribution in [0.3, 0.4) is 0 Å². The fourth-order valence-electron chi connectivity index (χ4n) is 2.72. The van der Waals surface area contributed by atoms with Gasteiger partial charge < -0.3 is 35.0 Å². The molecule has 0 aliphatic carbocycles. The Morgan fingerprint density at radius 2 is 1.26 bits per heavy atom. The van der Waals surface area contributed by atoms with E-state index in [2.05, 4.69) is 80.1 Å². The molecule has 0 bridgehead atoms. The topological polar surface area (TPSA) is 21.1 Å². The van der Waals surface area contributed by atoms with E-state index >= 15 is 0 Å². The van der Waals surface area contributed by atoms with Crippen LogP contribution in [-0.4, -0.2) is 33.7 Å². The van der Waals surface area contributed by atoms with Crippen LogP contribution in [0, 0.1) is 0 Å². The van der Waals surface area contributed by atoms with Crippen LogP contribution >= 0.6 is 0 Å². The Morgan fingerprint density at radius 1 is 0.783 bits per heavy atom. The lowest BCUT2D eigenvalue weighted by molar-refractivity contribution is -0.874. The Labute approximate surface area is 153 Å². The lowest BCUT2D eigenvalue weighted by Crippen LogP contribution is -3.09. The largest absolute Gasteiger partial charge is 1.00 e. The van der Waals surface area contributed by atoms with Crippen LogP contribution < -0.4 is 35.0 Å². The van der Waals surface area contributed by atoms with Gasteiger partial charge in [0, 0.05) is 12.3 Å². The van der Waals surface area contributed by atoms with Gasteiger partial charge in [-0.05, 0) is 11.1 Å². The smallest absolute Gasteiger partial charge is 0.126 e. The van der Waals surface area contributed by atoms with Gasteiger partial charge in [0.15, 0.2) is 0 Å². The minimum Gasteiger partial charge on any atom is -1.00 e. The molecule has 0 radical (unpaired) electrons. The zero-order chi connectivity index (χ0) is 14.9. The third-order valence-electron chi connectivity index (χ3n) is 3.91. The second-order valence-corrected chi connectivity index (χ2v) is 5.99. The summed E-state index contributed by atoms with van der Waals surface area (Å²) in [5.74, 6) is 0.510. The molecule has 0 saturated carbocycles. The predicted molar refractivity (Wildman–Crippen MR) is 88.7 cm³/mol. The van der Waals surface area contributed by atoms with Crippen LogP contribution in [0.15, 0.2) is 60.7 Å². The molecule has 3 N–H and O–H groups in total. The van der Waals surface area contributed by atoms with Gasteiger partial charge in [-0.1, -0.05) is 60.7 Å². The third kappa shape index (κ3) is 7.85. The van der Waals surface area contributed by atoms with Gasteiger partial charge in [0.1, 0.15) is 13.1 Å². The highest BCUT2D eigenvalue weighted by atomic mass is 35.5. The fraction of sp³-hybridized carbons (Fsp3) is 0.368. The lowest BCUT2D eigenvalue weighted by Gasteiger charge is -2.17. The van der Waals surface area contributed by atoms with Crippen molar-refractivity contribution < 1.29 is 35.0 Å². The van der Waals surface area contributed by atoms with E-state index in [0.29, 0.717) is 5.92 Å². The van der Waals surface area contributed by atoms with Gasteiger partial charge in [0.25, 0.3) is 0 Å². The molecule has 0 heterocycles. The number of benzene rings is 2. The molecule has 4 heteroatoms. The van der Waals surface area contributed by atoms with E-state index in [1.54, 1.807) is 0 Å². The molecular formula is C19H28Cl2N2. The maximum atomic E-state index is 2.45. The Kier molecular flexibility index (Phi) is 11.8. The highest BCUT2D eigenvalue weighted by Gasteiger charge is 2.14. The first-order chi connectivity index (χ1) is 10.3. The van der Waals surface area contributed by atoms with Gasteiger partial charge in [-0.2, -0.15) is 0 Å². The van der Waals surface area contributed by atoms with Gasteiger partial charge in [-0.25, -0.2) is 0 Å². The lowest BCUT2D eigenvalue weighted by atomic mass is 9.88. The van der Waals surface area contributed by atoms with Gasteiger partial charge >= 0.3 is 0 Å². The molecule has 0 unspecified atom stereocenters. The number of likely N-dealkylation sites (N-methyl/N-ethyl adjacent to an activating group) is 1. The van der Waals surface area contributed by atoms with Gasteiger partial charge in [0.05, 0.1) is 20.6 Å². The monoisotopic (exact) mass is 354 g/mol. The van der Waals surface area contributed by atoms with Crippen LogP contribution in [0.4, 0.5) is 0 Å². The minimum atomic E-state index is 0. The summed E-state index contributed by atoms with van der Waals surface area (Å²) >= 11 is 0. The first-order valence-electron chi connectivity index (χ1n) is 7.98. The Balaban J connectivity index is 0.00000242. The Bertz CT molecular complexity index is 464. The zero-order valence-electron chi connectivity index (χ0n) is 14.0. The van der Waals surface area contributed by atoms with Crippen molar-refractivity contribution in [2.75, 3.05) is 33.7 Å². The molecule has 2 aromatic rings. The SMILES string of the molecule is C[NH+](C)CC[NH2+]CCC(c1ccccc1)c1ccccc1.[Cl-].[Cl-]. The second-order valence-electron chi connectivity index (χ2n) is 5.99. The number of nitrogens with two attached hydrogens (primary N) is 1. The van der Waals surface area contributed by atoms with Crippen LogP contribution in [0.25, 0.3) is 0 Å². The third-order valence-corrected chi connectivity index (χ3v) is 3.91. The molecule has 0 aromatic heterocycles. The van der Waals surface area contributed by atoms with Crippen molar-refractivity contribution in [2.45, 2.75) is 12.3 Å². The standard InChI is InChI=1S/C19H26N2.2ClH/c1-21(2)16-15-20-14-13-19(17-9-5-3-6-10-17)18-11-7-4-8-12-18;;/h3-12,19-20H,13-16H2,1-2H3;2*1H. The number of nitrogens with one attached hydrogen (secondary N) is 1. The highest BCUT2D eigenvalue weighted by molar-refractivity contribution is 5.32. The van der Waals surface area contributed by atoms with Crippen LogP contribution in [-0.2, 0) is 0 Å². The van der Waals surface area contributed by atoms with Gasteiger partial charge in [-0.3, -0.25) is 0 Å². The number of halogens is 2. The summed E-state index contributed by atoms with van der Waals surface area (Å²) in [6, 6.07) is 21.8. The zero-order valence-corrected chi connectivity index (χ0v) is 15.5. The molecule has 0 atom stereocenters. The summed E-state index contributed by atoms with van der Waals surface area (Å²) < 4.78 is 0. The normalized spacial score (nSPS) is 10.3. The van der Waals surface area contributed by atoms with Crippen molar-refractivity contribution in [2.24, 2.45) is 0 Å². The van der Waals surface area contributed by atoms with Crippen LogP contribution in [0.5, 0.6) is 0 Å². The molecule has 0 aliphatic rings. The van der Waals surface area contributed by atoms with Crippen molar-refractivity contribution in [3.05, 3.63) is 71.8 Å². The summed E-state index contributed by atoms with van der Waals surface area (Å²) in [6.45, 7) is 3.61. The molecule has 0 spiro atoms. The molecule has 0 amide bonds. The van der Waals surface area contributed by atoms with Crippen molar-refractivity contribution in [3.63, 3.8) is 0 Å². The summed E-state index contributed by atoms with van der Waals surface area (Å²) in [5.41, 5.74) is 2.85. The summed E-state index contributed by atoms with van der Waals surface area (Å²) in [5, 5.41) is 2.45. The Hall–Kier alpha value is -1.06. The fourth-order valence-corrected chi connectivity index (χ4v) is 2.72. The molecule has 0 aliphatic heterocycles. The average molecular weight is 355 g/mol. The molecule has 0 saturated heterocycles. The van der Waals surface area contributed by atoms with Crippen molar-refractivity contribution in [3.8, 4) is 0 Å². The number of hydrogen-bond donors (Lipinski definition) is 2. The van der Waals surface area contributed by atoms with Crippen LogP contribution in [0.1, 0.15) is 23.5 Å². The molecule has 23 heavy (non-hydrogen) atoms. The molecule has 0 fully saturated rings. The summed E-state index contributed by atoms with van der Waals surface area (Å²) in [6.07, 6.45) is 1.19. The van der Waals surface area contributed by atoms with E-state index in [0.717, 1.165) is 0 Å². The number of quaternary nitrogens is 2. The van der Waals surface area contributed by atoms with Crippen molar-refractivity contribution in [1.29, 1.82) is 0 Å². The number of rotatable bonds is 8. The quantitative estimate of drug-likeness (QED) is 0.443. The first-order valence-corrected chi connectivity index (χ1v) is 7.98. The van der Waals surface area contributed by atoms with Gasteiger partial charge in [-0.15, -0.1) is 0 Å². The summed E-state index contributed by atoms with van der Waals surface area (Å²) in [7, 11) is 4.43. The molecule has 2 nitrogen and oxygen atoms in total. The van der Waals surface area contributed by atoms with E-state index in [1.807, 2.05) is 0 Å². The van der Waals surface area contributed by atoms with E-state index in [1.165, 1.54) is 42.1 Å². The first kappa shape index (κ1) is 21.9. The minimum absolute atomic E-state index is 0. The summed E-state index contributed by atoms with van der Waals surface area (Å²) in [4.78, 5) is 1.52. The molecular weight excluding hydrogens is 327 g/mol. The highest BCUT2D eigenvalue weighted by Crippen LogP contribution is 2.26. The van der Waals surface area contributed by atoms with E-state index < -0.39 is 0 Å². The molecule has 2 rings (SSSR count). The second kappa shape index (κ2) is 12.4. The van der Waals surface area contributed by atoms with E-state index in [9.17, 15) is 0 Å². The van der Waals surface area contributed by atoms with Crippen molar-refractivity contribution in [1.82, 2.24) is 0 Å². The van der Waals surface area contributed by atoms with Gasteiger partial charge in [0.2, 0.25) is 0 Å². The van der Waals surface area contributed by atoms with E-state index in [4.69, 9.17) is 0 Å².